The van der Waals surface area contributed by atoms with Gasteiger partial charge in [0.2, 0.25) is 0 Å². The van der Waals surface area contributed by atoms with Crippen LogP contribution in [0, 0.1) is 6.92 Å². The van der Waals surface area contributed by atoms with Crippen molar-refractivity contribution in [3.8, 4) is 0 Å². The van der Waals surface area contributed by atoms with Gasteiger partial charge in [-0.3, -0.25) is 0 Å². The molecule has 1 N–H and O–H groups in total. The summed E-state index contributed by atoms with van der Waals surface area (Å²) in [5.74, 6) is 0. The van der Waals surface area contributed by atoms with Crippen LogP contribution in [0.2, 0.25) is 15.2 Å². The molecule has 102 valence electrons. The van der Waals surface area contributed by atoms with E-state index >= 15 is 0 Å². The van der Waals surface area contributed by atoms with Crippen molar-refractivity contribution in [2.45, 2.75) is 13.3 Å². The fourth-order valence-corrected chi connectivity index (χ4v) is 3.05. The van der Waals surface area contributed by atoms with Crippen LogP contribution in [0.5, 0.6) is 0 Å². The van der Waals surface area contributed by atoms with E-state index in [1.807, 2.05) is 31.2 Å². The summed E-state index contributed by atoms with van der Waals surface area (Å²) < 4.78 is 0. The highest BCUT2D eigenvalue weighted by Crippen LogP contribution is 2.28. The molecule has 2 nitrogen and oxygen atoms in total. The predicted molar refractivity (Wildman–Crippen MR) is 85.1 cm³/mol. The second-order valence-electron chi connectivity index (χ2n) is 4.70. The maximum absolute atomic E-state index is 6.20. The molecule has 2 heterocycles. The minimum Gasteiger partial charge on any atom is -0.343 e. The summed E-state index contributed by atoms with van der Waals surface area (Å²) in [6.45, 7) is 2.01. The number of halogens is 3. The Kier molecular flexibility index (Phi) is 3.63. The maximum atomic E-state index is 6.20. The zero-order valence-electron chi connectivity index (χ0n) is 10.7. The number of benzene rings is 1. The highest BCUT2D eigenvalue weighted by molar-refractivity contribution is 6.36. The average Bonchev–Trinajstić information content (AvgIpc) is 2.77. The molecule has 0 radical (unpaired) electrons. The van der Waals surface area contributed by atoms with Crippen LogP contribution in [0.4, 0.5) is 0 Å². The van der Waals surface area contributed by atoms with Crippen molar-refractivity contribution in [1.82, 2.24) is 9.97 Å². The molecule has 0 fully saturated rings. The Morgan fingerprint density at radius 3 is 2.50 bits per heavy atom. The van der Waals surface area contributed by atoms with Gasteiger partial charge in [-0.2, -0.15) is 0 Å². The number of aromatic nitrogens is 2. The first-order chi connectivity index (χ1) is 9.54. The Balaban J connectivity index is 2.06. The van der Waals surface area contributed by atoms with Gasteiger partial charge >= 0.3 is 0 Å². The molecular weight excluding hydrogens is 315 g/mol. The van der Waals surface area contributed by atoms with Gasteiger partial charge in [-0.15, -0.1) is 0 Å². The first-order valence-electron chi connectivity index (χ1n) is 6.12. The van der Waals surface area contributed by atoms with E-state index in [0.29, 0.717) is 21.6 Å². The second-order valence-corrected chi connectivity index (χ2v) is 5.90. The highest BCUT2D eigenvalue weighted by Gasteiger charge is 2.10. The molecule has 1 aromatic carbocycles. The number of aryl methyl sites for hydroxylation is 1. The maximum Gasteiger partial charge on any atom is 0.139 e. The van der Waals surface area contributed by atoms with E-state index in [1.54, 1.807) is 0 Å². The van der Waals surface area contributed by atoms with Crippen LogP contribution >= 0.6 is 34.8 Å². The summed E-state index contributed by atoms with van der Waals surface area (Å²) in [4.78, 5) is 7.55. The Labute approximate surface area is 131 Å². The molecule has 5 heteroatoms. The quantitative estimate of drug-likeness (QED) is 0.626. The Morgan fingerprint density at radius 1 is 1.10 bits per heavy atom. The van der Waals surface area contributed by atoms with Gasteiger partial charge in [-0.05, 0) is 42.3 Å². The van der Waals surface area contributed by atoms with Crippen LogP contribution in [0.1, 0.15) is 16.8 Å². The van der Waals surface area contributed by atoms with Gasteiger partial charge in [0.25, 0.3) is 0 Å². The first kappa shape index (κ1) is 13.7. The highest BCUT2D eigenvalue weighted by atomic mass is 35.5. The van der Waals surface area contributed by atoms with Gasteiger partial charge in [0.15, 0.2) is 0 Å². The van der Waals surface area contributed by atoms with Crippen LogP contribution in [0.3, 0.4) is 0 Å². The van der Waals surface area contributed by atoms with Crippen molar-refractivity contribution < 1.29 is 0 Å². The van der Waals surface area contributed by atoms with E-state index in [0.717, 1.165) is 27.9 Å². The third-order valence-corrected chi connectivity index (χ3v) is 4.16. The molecule has 0 bridgehead atoms. The van der Waals surface area contributed by atoms with Crippen molar-refractivity contribution in [3.05, 3.63) is 62.4 Å². The lowest BCUT2D eigenvalue weighted by molar-refractivity contribution is 1.11. The van der Waals surface area contributed by atoms with Crippen molar-refractivity contribution in [2.24, 2.45) is 0 Å². The molecule has 0 spiro atoms. The minimum absolute atomic E-state index is 0.485. The van der Waals surface area contributed by atoms with Gasteiger partial charge < -0.3 is 4.98 Å². The van der Waals surface area contributed by atoms with E-state index < -0.39 is 0 Å². The van der Waals surface area contributed by atoms with Gasteiger partial charge in [0.1, 0.15) is 10.8 Å². The van der Waals surface area contributed by atoms with Crippen molar-refractivity contribution >= 4 is 45.8 Å². The average molecular weight is 326 g/mol. The molecule has 0 amide bonds. The molecule has 0 saturated heterocycles. The van der Waals surface area contributed by atoms with Crippen LogP contribution in [0.25, 0.3) is 11.0 Å². The van der Waals surface area contributed by atoms with E-state index in [2.05, 4.69) is 16.0 Å². The normalized spacial score (nSPS) is 11.2. The summed E-state index contributed by atoms with van der Waals surface area (Å²) in [6, 6.07) is 9.43. The molecule has 0 aliphatic heterocycles. The van der Waals surface area contributed by atoms with Crippen molar-refractivity contribution in [1.29, 1.82) is 0 Å². The second kappa shape index (κ2) is 5.28. The fraction of sp³-hybridized carbons (Fsp3) is 0.133. The molecule has 0 unspecified atom stereocenters. The lowest BCUT2D eigenvalue weighted by Crippen LogP contribution is -1.91. The Hall–Kier alpha value is -1.22. The number of H-pyrrole nitrogens is 1. The van der Waals surface area contributed by atoms with Crippen molar-refractivity contribution in [3.63, 3.8) is 0 Å². The van der Waals surface area contributed by atoms with E-state index in [4.69, 9.17) is 34.8 Å². The summed E-state index contributed by atoms with van der Waals surface area (Å²) in [7, 11) is 0. The molecule has 0 atom stereocenters. The van der Waals surface area contributed by atoms with Gasteiger partial charge in [-0.1, -0.05) is 40.9 Å². The molecule has 3 rings (SSSR count). The smallest absolute Gasteiger partial charge is 0.139 e. The van der Waals surface area contributed by atoms with Gasteiger partial charge in [0, 0.05) is 27.5 Å². The minimum atomic E-state index is 0.485. The molecule has 0 saturated carbocycles. The topological polar surface area (TPSA) is 28.7 Å². The van der Waals surface area contributed by atoms with Gasteiger partial charge in [-0.25, -0.2) is 4.98 Å². The Bertz CT molecular complexity index is 773. The van der Waals surface area contributed by atoms with Crippen molar-refractivity contribution in [2.75, 3.05) is 0 Å². The van der Waals surface area contributed by atoms with E-state index in [9.17, 15) is 0 Å². The Morgan fingerprint density at radius 2 is 1.80 bits per heavy atom. The summed E-state index contributed by atoms with van der Waals surface area (Å²) in [5.41, 5.74) is 3.79. The number of fused-ring (bicyclic) bond motifs is 1. The predicted octanol–water partition coefficient (Wildman–Crippen LogP) is 5.42. The zero-order chi connectivity index (χ0) is 14.3. The first-order valence-corrected chi connectivity index (χ1v) is 7.25. The molecule has 0 aliphatic carbocycles. The lowest BCUT2D eigenvalue weighted by atomic mass is 10.1. The van der Waals surface area contributed by atoms with Crippen LogP contribution in [-0.4, -0.2) is 9.97 Å². The lowest BCUT2D eigenvalue weighted by Gasteiger charge is -2.04. The number of nitrogens with zero attached hydrogens (tertiary/aromatic N) is 1. The molecule has 2 aromatic heterocycles. The summed E-state index contributed by atoms with van der Waals surface area (Å²) in [5, 5.41) is 2.88. The summed E-state index contributed by atoms with van der Waals surface area (Å²) in [6.07, 6.45) is 0.631. The fourth-order valence-electron chi connectivity index (χ4n) is 2.27. The molecular formula is C15H11Cl3N2. The number of hydrogen-bond donors (Lipinski definition) is 1. The number of nitrogens with one attached hydrogen (secondary N) is 1. The number of rotatable bonds is 2. The largest absolute Gasteiger partial charge is 0.343 e. The van der Waals surface area contributed by atoms with E-state index in [1.165, 1.54) is 0 Å². The van der Waals surface area contributed by atoms with Crippen LogP contribution < -0.4 is 0 Å². The third kappa shape index (κ3) is 2.51. The summed E-state index contributed by atoms with van der Waals surface area (Å²) >= 11 is 18.4. The van der Waals surface area contributed by atoms with E-state index in [-0.39, 0.29) is 0 Å². The third-order valence-electron chi connectivity index (χ3n) is 3.26. The monoisotopic (exact) mass is 324 g/mol. The van der Waals surface area contributed by atoms with Crippen LogP contribution in [-0.2, 0) is 6.42 Å². The SMILES string of the molecule is Cc1cc(Cl)nc2[nH]c(Cc3c(Cl)cccc3Cl)cc12. The molecule has 20 heavy (non-hydrogen) atoms. The molecule has 3 aromatic rings. The zero-order valence-corrected chi connectivity index (χ0v) is 12.9. The molecule has 0 aliphatic rings. The van der Waals surface area contributed by atoms with Crippen LogP contribution in [0.15, 0.2) is 30.3 Å². The number of aromatic amines is 1. The van der Waals surface area contributed by atoms with Gasteiger partial charge in [0.05, 0.1) is 0 Å². The standard InChI is InChI=1S/C15H11Cl3N2/c1-8-5-14(18)20-15-10(8)6-9(19-15)7-11-12(16)3-2-4-13(11)17/h2-6H,7H2,1H3,(H,19,20). The number of pyridine rings is 1. The number of hydrogen-bond acceptors (Lipinski definition) is 1.